The lowest BCUT2D eigenvalue weighted by atomic mass is 10.1. The van der Waals surface area contributed by atoms with Crippen LogP contribution >= 0.6 is 11.6 Å². The van der Waals surface area contributed by atoms with Crippen LogP contribution in [0.2, 0.25) is 5.02 Å². The second-order valence-electron chi connectivity index (χ2n) is 5.06. The molecule has 112 valence electrons. The molecule has 1 atom stereocenters. The molecule has 4 nitrogen and oxygen atoms in total. The minimum atomic E-state index is 0.167. The summed E-state index contributed by atoms with van der Waals surface area (Å²) in [6.07, 6.45) is 0. The zero-order valence-electron chi connectivity index (χ0n) is 11.8. The van der Waals surface area contributed by atoms with E-state index < -0.39 is 0 Å². The van der Waals surface area contributed by atoms with Crippen LogP contribution < -0.4 is 4.74 Å². The fourth-order valence-electron chi connectivity index (χ4n) is 2.38. The molecule has 0 amide bonds. The van der Waals surface area contributed by atoms with Crippen LogP contribution in [0.25, 0.3) is 0 Å². The summed E-state index contributed by atoms with van der Waals surface area (Å²) in [6.45, 7) is 6.60. The summed E-state index contributed by atoms with van der Waals surface area (Å²) in [7, 11) is 0. The Balaban J connectivity index is 1.99. The van der Waals surface area contributed by atoms with Crippen LogP contribution in [0.4, 0.5) is 0 Å². The third kappa shape index (κ3) is 4.35. The van der Waals surface area contributed by atoms with E-state index in [1.54, 1.807) is 0 Å². The number of rotatable bonds is 5. The Kier molecular flexibility index (Phi) is 6.10. The Morgan fingerprint density at radius 1 is 1.50 bits per heavy atom. The molecule has 1 aromatic carbocycles. The molecule has 0 saturated carbocycles. The third-order valence-corrected chi connectivity index (χ3v) is 3.68. The number of benzene rings is 1. The maximum atomic E-state index is 9.30. The lowest BCUT2D eigenvalue weighted by Gasteiger charge is -2.22. The average Bonchev–Trinajstić information content (AvgIpc) is 2.67. The van der Waals surface area contributed by atoms with E-state index >= 15 is 0 Å². The van der Waals surface area contributed by atoms with Gasteiger partial charge < -0.3 is 14.6 Å². The van der Waals surface area contributed by atoms with Gasteiger partial charge in [0.25, 0.3) is 0 Å². The van der Waals surface area contributed by atoms with Gasteiger partial charge in [-0.15, -0.1) is 0 Å². The molecule has 20 heavy (non-hydrogen) atoms. The summed E-state index contributed by atoms with van der Waals surface area (Å²) in [6, 6.07) is 5.90. The van der Waals surface area contributed by atoms with Crippen LogP contribution in [0.1, 0.15) is 12.5 Å². The minimum Gasteiger partial charge on any atom is -0.492 e. The molecule has 0 unspecified atom stereocenters. The SMILES string of the molecule is CCOc1ccc(CN2CCOC[C@@H](CO)C2)cc1Cl. The molecule has 1 N–H and O–H groups in total. The van der Waals surface area contributed by atoms with Crippen molar-refractivity contribution in [1.82, 2.24) is 4.90 Å². The molecule has 1 fully saturated rings. The van der Waals surface area contributed by atoms with Gasteiger partial charge in [0, 0.05) is 32.2 Å². The monoisotopic (exact) mass is 299 g/mol. The number of halogens is 1. The highest BCUT2D eigenvalue weighted by atomic mass is 35.5. The summed E-state index contributed by atoms with van der Waals surface area (Å²) >= 11 is 6.21. The Hall–Kier alpha value is -0.810. The quantitative estimate of drug-likeness (QED) is 0.905. The predicted octanol–water partition coefficient (Wildman–Crippen LogP) is 2.18. The van der Waals surface area contributed by atoms with E-state index in [0.29, 0.717) is 24.8 Å². The Bertz CT molecular complexity index is 428. The van der Waals surface area contributed by atoms with E-state index in [1.807, 2.05) is 25.1 Å². The van der Waals surface area contributed by atoms with Gasteiger partial charge in [-0.2, -0.15) is 0 Å². The largest absolute Gasteiger partial charge is 0.492 e. The van der Waals surface area contributed by atoms with E-state index in [0.717, 1.165) is 30.9 Å². The van der Waals surface area contributed by atoms with Gasteiger partial charge in [-0.25, -0.2) is 0 Å². The second-order valence-corrected chi connectivity index (χ2v) is 5.46. The minimum absolute atomic E-state index is 0.167. The van der Waals surface area contributed by atoms with Crippen LogP contribution in [0, 0.1) is 5.92 Å². The van der Waals surface area contributed by atoms with Crippen molar-refractivity contribution in [3.63, 3.8) is 0 Å². The second kappa shape index (κ2) is 7.84. The molecular formula is C15H22ClNO3. The lowest BCUT2D eigenvalue weighted by Crippen LogP contribution is -2.31. The summed E-state index contributed by atoms with van der Waals surface area (Å²) < 4.78 is 10.9. The number of ether oxygens (including phenoxy) is 2. The van der Waals surface area contributed by atoms with Gasteiger partial charge in [0.15, 0.2) is 0 Å². The predicted molar refractivity (Wildman–Crippen MR) is 79.3 cm³/mol. The fraction of sp³-hybridized carbons (Fsp3) is 0.600. The maximum Gasteiger partial charge on any atom is 0.137 e. The number of hydrogen-bond acceptors (Lipinski definition) is 4. The topological polar surface area (TPSA) is 41.9 Å². The molecule has 1 heterocycles. The van der Waals surface area contributed by atoms with Gasteiger partial charge in [-0.3, -0.25) is 4.90 Å². The first-order chi connectivity index (χ1) is 9.72. The van der Waals surface area contributed by atoms with Crippen molar-refractivity contribution in [3.8, 4) is 5.75 Å². The van der Waals surface area contributed by atoms with Crippen LogP contribution in [0.5, 0.6) is 5.75 Å². The first-order valence-corrected chi connectivity index (χ1v) is 7.43. The van der Waals surface area contributed by atoms with Gasteiger partial charge in [-0.05, 0) is 24.6 Å². The zero-order chi connectivity index (χ0) is 14.4. The van der Waals surface area contributed by atoms with E-state index in [9.17, 15) is 5.11 Å². The normalized spacial score (nSPS) is 20.6. The van der Waals surface area contributed by atoms with E-state index in [4.69, 9.17) is 21.1 Å². The van der Waals surface area contributed by atoms with E-state index in [-0.39, 0.29) is 12.5 Å². The number of nitrogens with zero attached hydrogens (tertiary/aromatic N) is 1. The van der Waals surface area contributed by atoms with E-state index in [1.165, 1.54) is 0 Å². The third-order valence-electron chi connectivity index (χ3n) is 3.38. The van der Waals surface area contributed by atoms with Gasteiger partial charge in [0.2, 0.25) is 0 Å². The van der Waals surface area contributed by atoms with Crippen molar-refractivity contribution in [1.29, 1.82) is 0 Å². The molecule has 2 rings (SSSR count). The van der Waals surface area contributed by atoms with Crippen molar-refractivity contribution in [2.45, 2.75) is 13.5 Å². The van der Waals surface area contributed by atoms with Crippen LogP contribution in [-0.4, -0.2) is 49.5 Å². The Morgan fingerprint density at radius 2 is 2.35 bits per heavy atom. The molecule has 1 aromatic rings. The highest BCUT2D eigenvalue weighted by Gasteiger charge is 2.18. The van der Waals surface area contributed by atoms with Gasteiger partial charge in [0.05, 0.1) is 24.8 Å². The molecule has 1 aliphatic rings. The fourth-order valence-corrected chi connectivity index (χ4v) is 2.64. The highest BCUT2D eigenvalue weighted by Crippen LogP contribution is 2.26. The van der Waals surface area contributed by atoms with Crippen molar-refractivity contribution in [3.05, 3.63) is 28.8 Å². The van der Waals surface area contributed by atoms with Crippen LogP contribution in [0.15, 0.2) is 18.2 Å². The molecular weight excluding hydrogens is 278 g/mol. The van der Waals surface area contributed by atoms with Crippen LogP contribution in [-0.2, 0) is 11.3 Å². The highest BCUT2D eigenvalue weighted by molar-refractivity contribution is 6.32. The first-order valence-electron chi connectivity index (χ1n) is 7.05. The molecule has 1 aliphatic heterocycles. The molecule has 1 saturated heterocycles. The van der Waals surface area contributed by atoms with E-state index in [2.05, 4.69) is 4.90 Å². The standard InChI is InChI=1S/C15H22ClNO3/c1-2-20-15-4-3-12(7-14(15)16)8-17-5-6-19-11-13(9-17)10-18/h3-4,7,13,18H,2,5-6,8-11H2,1H3/t13-/m1/s1. The summed E-state index contributed by atoms with van der Waals surface area (Å²) in [4.78, 5) is 2.29. The number of aliphatic hydroxyl groups is 1. The molecule has 0 bridgehead atoms. The smallest absolute Gasteiger partial charge is 0.137 e. The van der Waals surface area contributed by atoms with Gasteiger partial charge in [0.1, 0.15) is 5.75 Å². The first kappa shape index (κ1) is 15.6. The molecule has 0 aromatic heterocycles. The summed E-state index contributed by atoms with van der Waals surface area (Å²) in [5.41, 5.74) is 1.15. The maximum absolute atomic E-state index is 9.30. The molecule has 5 heteroatoms. The number of hydrogen-bond donors (Lipinski definition) is 1. The zero-order valence-corrected chi connectivity index (χ0v) is 12.6. The lowest BCUT2D eigenvalue weighted by molar-refractivity contribution is 0.0958. The molecule has 0 spiro atoms. The summed E-state index contributed by atoms with van der Waals surface area (Å²) in [5.74, 6) is 0.918. The van der Waals surface area contributed by atoms with Crippen molar-refractivity contribution >= 4 is 11.6 Å². The van der Waals surface area contributed by atoms with Crippen LogP contribution in [0.3, 0.4) is 0 Å². The van der Waals surface area contributed by atoms with Crippen molar-refractivity contribution in [2.75, 3.05) is 39.5 Å². The Labute approximate surface area is 125 Å². The van der Waals surface area contributed by atoms with Crippen molar-refractivity contribution < 1.29 is 14.6 Å². The average molecular weight is 300 g/mol. The molecule has 0 aliphatic carbocycles. The summed E-state index contributed by atoms with van der Waals surface area (Å²) in [5, 5.41) is 9.94. The van der Waals surface area contributed by atoms with Gasteiger partial charge in [-0.1, -0.05) is 17.7 Å². The van der Waals surface area contributed by atoms with Gasteiger partial charge >= 0.3 is 0 Å². The number of aliphatic hydroxyl groups excluding tert-OH is 1. The molecule has 0 radical (unpaired) electrons. The van der Waals surface area contributed by atoms with Crippen molar-refractivity contribution in [2.24, 2.45) is 5.92 Å². The Morgan fingerprint density at radius 3 is 3.05 bits per heavy atom.